The first-order valence-corrected chi connectivity index (χ1v) is 7.26. The highest BCUT2D eigenvalue weighted by Gasteiger charge is 2.23. The Hall–Kier alpha value is -1.13. The zero-order chi connectivity index (χ0) is 13.4. The molecule has 1 N–H and O–H groups in total. The van der Waals surface area contributed by atoms with Crippen molar-refractivity contribution in [2.24, 2.45) is 0 Å². The molecule has 1 aliphatic carbocycles. The Kier molecular flexibility index (Phi) is 3.46. The minimum atomic E-state index is -0.137. The number of hydrogen-bond donors (Lipinski definition) is 1. The number of rotatable bonds is 2. The Labute approximate surface area is 117 Å². The van der Waals surface area contributed by atoms with Crippen molar-refractivity contribution in [3.05, 3.63) is 23.2 Å². The smallest absolute Gasteiger partial charge is 0.145 e. The van der Waals surface area contributed by atoms with Gasteiger partial charge < -0.3 is 9.67 Å². The second-order valence-electron chi connectivity index (χ2n) is 5.24. The standard InChI is InChI=1S/C14H18ClN3O/c1-2-9-7-18(10-3-5-11(19)6-4-10)14-12(9)13(15)16-8-17-14/h7-8,10-11,19H,2-6H2,1H3. The average molecular weight is 280 g/mol. The molecule has 2 aromatic heterocycles. The van der Waals surface area contributed by atoms with Crippen LogP contribution in [0.5, 0.6) is 0 Å². The van der Waals surface area contributed by atoms with E-state index in [1.807, 2.05) is 0 Å². The summed E-state index contributed by atoms with van der Waals surface area (Å²) in [6.07, 6.45) is 8.19. The Morgan fingerprint density at radius 1 is 1.32 bits per heavy atom. The lowest BCUT2D eigenvalue weighted by molar-refractivity contribution is 0.111. The van der Waals surface area contributed by atoms with Crippen LogP contribution in [0.1, 0.15) is 44.2 Å². The van der Waals surface area contributed by atoms with E-state index in [4.69, 9.17) is 11.6 Å². The quantitative estimate of drug-likeness (QED) is 0.860. The summed E-state index contributed by atoms with van der Waals surface area (Å²) in [7, 11) is 0. The summed E-state index contributed by atoms with van der Waals surface area (Å²) in [6, 6.07) is 0.414. The van der Waals surface area contributed by atoms with Gasteiger partial charge in [0.2, 0.25) is 0 Å². The maximum atomic E-state index is 9.63. The summed E-state index contributed by atoms with van der Waals surface area (Å²) in [5.74, 6) is 0. The summed E-state index contributed by atoms with van der Waals surface area (Å²) in [5, 5.41) is 11.1. The van der Waals surface area contributed by atoms with Gasteiger partial charge in [-0.2, -0.15) is 0 Å². The van der Waals surface area contributed by atoms with Crippen molar-refractivity contribution in [1.29, 1.82) is 0 Å². The van der Waals surface area contributed by atoms with Gasteiger partial charge in [-0.15, -0.1) is 0 Å². The van der Waals surface area contributed by atoms with E-state index < -0.39 is 0 Å². The molecular formula is C14H18ClN3O. The minimum Gasteiger partial charge on any atom is -0.393 e. The third-order valence-corrected chi connectivity index (χ3v) is 4.37. The SMILES string of the molecule is CCc1cn(C2CCC(O)CC2)c2ncnc(Cl)c12. The maximum absolute atomic E-state index is 9.63. The van der Waals surface area contributed by atoms with Crippen molar-refractivity contribution in [2.75, 3.05) is 0 Å². The van der Waals surface area contributed by atoms with Crippen molar-refractivity contribution in [3.63, 3.8) is 0 Å². The van der Waals surface area contributed by atoms with Gasteiger partial charge in [0.25, 0.3) is 0 Å². The zero-order valence-electron chi connectivity index (χ0n) is 11.0. The molecule has 0 radical (unpaired) electrons. The number of aliphatic hydroxyl groups is 1. The van der Waals surface area contributed by atoms with E-state index in [9.17, 15) is 5.11 Å². The summed E-state index contributed by atoms with van der Waals surface area (Å²) >= 11 is 6.21. The molecule has 0 aromatic carbocycles. The number of aromatic nitrogens is 3. The molecule has 1 saturated carbocycles. The molecule has 2 aromatic rings. The molecule has 1 fully saturated rings. The van der Waals surface area contributed by atoms with Crippen LogP contribution in [0, 0.1) is 0 Å². The number of fused-ring (bicyclic) bond motifs is 1. The molecule has 0 unspecified atom stereocenters. The minimum absolute atomic E-state index is 0.137. The van der Waals surface area contributed by atoms with Gasteiger partial charge in [-0.05, 0) is 37.7 Å². The normalized spacial score (nSPS) is 23.9. The van der Waals surface area contributed by atoms with Crippen LogP contribution in [-0.4, -0.2) is 25.7 Å². The summed E-state index contributed by atoms with van der Waals surface area (Å²) in [4.78, 5) is 8.50. The van der Waals surface area contributed by atoms with E-state index in [1.54, 1.807) is 0 Å². The zero-order valence-corrected chi connectivity index (χ0v) is 11.8. The first kappa shape index (κ1) is 12.9. The number of aliphatic hydroxyl groups excluding tert-OH is 1. The molecular weight excluding hydrogens is 262 g/mol. The average Bonchev–Trinajstić information content (AvgIpc) is 2.80. The van der Waals surface area contributed by atoms with Crippen molar-refractivity contribution in [3.8, 4) is 0 Å². The van der Waals surface area contributed by atoms with Crippen molar-refractivity contribution >= 4 is 22.6 Å². The second kappa shape index (κ2) is 5.10. The highest BCUT2D eigenvalue weighted by Crippen LogP contribution is 2.34. The van der Waals surface area contributed by atoms with E-state index in [0.29, 0.717) is 11.2 Å². The molecule has 0 spiro atoms. The van der Waals surface area contributed by atoms with E-state index in [0.717, 1.165) is 43.1 Å². The molecule has 4 nitrogen and oxygen atoms in total. The fourth-order valence-corrected chi connectivity index (χ4v) is 3.25. The molecule has 0 bridgehead atoms. The Bertz CT molecular complexity index is 588. The third kappa shape index (κ3) is 2.23. The van der Waals surface area contributed by atoms with Crippen molar-refractivity contribution in [2.45, 2.75) is 51.2 Å². The fourth-order valence-electron chi connectivity index (χ4n) is 3.00. The molecule has 102 valence electrons. The van der Waals surface area contributed by atoms with Crippen LogP contribution >= 0.6 is 11.6 Å². The number of hydrogen-bond acceptors (Lipinski definition) is 3. The largest absolute Gasteiger partial charge is 0.393 e. The van der Waals surface area contributed by atoms with Gasteiger partial charge in [-0.25, -0.2) is 9.97 Å². The number of nitrogens with zero attached hydrogens (tertiary/aromatic N) is 3. The van der Waals surface area contributed by atoms with Crippen LogP contribution < -0.4 is 0 Å². The molecule has 19 heavy (non-hydrogen) atoms. The highest BCUT2D eigenvalue weighted by atomic mass is 35.5. The van der Waals surface area contributed by atoms with Crippen LogP contribution in [0.15, 0.2) is 12.5 Å². The molecule has 1 aliphatic rings. The van der Waals surface area contributed by atoms with Crippen LogP contribution in [0.4, 0.5) is 0 Å². The monoisotopic (exact) mass is 279 g/mol. The Morgan fingerprint density at radius 3 is 2.74 bits per heavy atom. The summed E-state index contributed by atoms with van der Waals surface area (Å²) in [6.45, 7) is 2.12. The van der Waals surface area contributed by atoms with Gasteiger partial charge in [-0.3, -0.25) is 0 Å². The predicted octanol–water partition coefficient (Wildman–Crippen LogP) is 3.12. The van der Waals surface area contributed by atoms with Gasteiger partial charge in [-0.1, -0.05) is 18.5 Å². The van der Waals surface area contributed by atoms with Crippen molar-refractivity contribution < 1.29 is 5.11 Å². The lowest BCUT2D eigenvalue weighted by atomic mass is 9.93. The fraction of sp³-hybridized carbons (Fsp3) is 0.571. The predicted molar refractivity (Wildman–Crippen MR) is 75.4 cm³/mol. The Balaban J connectivity index is 2.06. The first-order chi connectivity index (χ1) is 9.20. The van der Waals surface area contributed by atoms with Crippen LogP contribution in [0.3, 0.4) is 0 Å². The van der Waals surface area contributed by atoms with Crippen LogP contribution in [-0.2, 0) is 6.42 Å². The summed E-state index contributed by atoms with van der Waals surface area (Å²) < 4.78 is 2.23. The van der Waals surface area contributed by atoms with Gasteiger partial charge in [0.1, 0.15) is 17.1 Å². The van der Waals surface area contributed by atoms with Gasteiger partial charge in [0, 0.05) is 12.2 Å². The molecule has 0 saturated heterocycles. The molecule has 0 amide bonds. The lowest BCUT2D eigenvalue weighted by Crippen LogP contribution is -2.20. The van der Waals surface area contributed by atoms with E-state index >= 15 is 0 Å². The van der Waals surface area contributed by atoms with Crippen molar-refractivity contribution in [1.82, 2.24) is 14.5 Å². The van der Waals surface area contributed by atoms with Gasteiger partial charge in [0.15, 0.2) is 0 Å². The molecule has 5 heteroatoms. The van der Waals surface area contributed by atoms with Crippen LogP contribution in [0.2, 0.25) is 5.15 Å². The van der Waals surface area contributed by atoms with Crippen LogP contribution in [0.25, 0.3) is 11.0 Å². The topological polar surface area (TPSA) is 50.9 Å². The number of aryl methyl sites for hydroxylation is 1. The first-order valence-electron chi connectivity index (χ1n) is 6.88. The lowest BCUT2D eigenvalue weighted by Gasteiger charge is -2.27. The van der Waals surface area contributed by atoms with Gasteiger partial charge >= 0.3 is 0 Å². The molecule has 0 atom stereocenters. The Morgan fingerprint density at radius 2 is 2.05 bits per heavy atom. The summed E-state index contributed by atoms with van der Waals surface area (Å²) in [5.41, 5.74) is 2.13. The molecule has 2 heterocycles. The van der Waals surface area contributed by atoms with E-state index in [-0.39, 0.29) is 6.10 Å². The van der Waals surface area contributed by atoms with E-state index in [2.05, 4.69) is 27.7 Å². The third-order valence-electron chi connectivity index (χ3n) is 4.08. The highest BCUT2D eigenvalue weighted by molar-refractivity contribution is 6.34. The maximum Gasteiger partial charge on any atom is 0.145 e. The van der Waals surface area contributed by atoms with E-state index in [1.165, 1.54) is 11.9 Å². The molecule has 3 rings (SSSR count). The number of halogens is 1. The van der Waals surface area contributed by atoms with Gasteiger partial charge in [0.05, 0.1) is 11.5 Å². The second-order valence-corrected chi connectivity index (χ2v) is 5.60. The molecule has 0 aliphatic heterocycles.